The first-order valence-electron chi connectivity index (χ1n) is 7.95. The number of benzene rings is 1. The van der Waals surface area contributed by atoms with Crippen molar-refractivity contribution in [1.29, 1.82) is 0 Å². The quantitative estimate of drug-likeness (QED) is 0.881. The Morgan fingerprint density at radius 1 is 1.26 bits per heavy atom. The van der Waals surface area contributed by atoms with Crippen LogP contribution in [0.25, 0.3) is 11.0 Å². The minimum atomic E-state index is -0.804. The van der Waals surface area contributed by atoms with Gasteiger partial charge in [0.1, 0.15) is 11.4 Å². The molecule has 1 aliphatic rings. The third kappa shape index (κ3) is 2.20. The number of aryl methyl sites for hydroxylation is 1. The van der Waals surface area contributed by atoms with Gasteiger partial charge in [-0.2, -0.15) is 0 Å². The molecule has 1 aliphatic heterocycles. The number of urea groups is 1. The minimum absolute atomic E-state index is 0.0365. The van der Waals surface area contributed by atoms with Crippen molar-refractivity contribution < 1.29 is 9.59 Å². The number of imidazole rings is 1. The standard InChI is InChI=1S/C17H22N4O2/c1-5-17(11(2)3)15(22)21(16(23)19-17)10-14-18-12-8-6-7-9-13(12)20(14)4/h6-9,11H,5,10H2,1-4H3,(H,19,23). The van der Waals surface area contributed by atoms with E-state index in [2.05, 4.69) is 10.3 Å². The van der Waals surface area contributed by atoms with Gasteiger partial charge in [0.15, 0.2) is 0 Å². The SMILES string of the molecule is CCC1(C(C)C)NC(=O)N(Cc2nc3ccccc3n2C)C1=O. The molecule has 3 rings (SSSR count). The van der Waals surface area contributed by atoms with Gasteiger partial charge < -0.3 is 9.88 Å². The van der Waals surface area contributed by atoms with Crippen LogP contribution >= 0.6 is 0 Å². The van der Waals surface area contributed by atoms with Gasteiger partial charge >= 0.3 is 6.03 Å². The van der Waals surface area contributed by atoms with Crippen molar-refractivity contribution in [2.75, 3.05) is 0 Å². The molecule has 1 aromatic heterocycles. The van der Waals surface area contributed by atoms with Gasteiger partial charge in [0.2, 0.25) is 0 Å². The number of imide groups is 1. The Hall–Kier alpha value is -2.37. The van der Waals surface area contributed by atoms with Gasteiger partial charge in [0.25, 0.3) is 5.91 Å². The molecule has 2 heterocycles. The largest absolute Gasteiger partial charge is 0.330 e. The van der Waals surface area contributed by atoms with Crippen LogP contribution in [-0.4, -0.2) is 31.9 Å². The van der Waals surface area contributed by atoms with E-state index in [4.69, 9.17) is 0 Å². The van der Waals surface area contributed by atoms with Crippen LogP contribution < -0.4 is 5.32 Å². The lowest BCUT2D eigenvalue weighted by molar-refractivity contribution is -0.133. The van der Waals surface area contributed by atoms with Crippen LogP contribution in [0.5, 0.6) is 0 Å². The molecule has 1 atom stereocenters. The van der Waals surface area contributed by atoms with Crippen LogP contribution in [0.15, 0.2) is 24.3 Å². The van der Waals surface area contributed by atoms with E-state index in [1.54, 1.807) is 0 Å². The zero-order chi connectivity index (χ0) is 16.8. The smallest absolute Gasteiger partial charge is 0.325 e. The van der Waals surface area contributed by atoms with Gasteiger partial charge in [-0.3, -0.25) is 9.69 Å². The highest BCUT2D eigenvalue weighted by Gasteiger charge is 2.52. The molecule has 122 valence electrons. The fraction of sp³-hybridized carbons (Fsp3) is 0.471. The second-order valence-electron chi connectivity index (χ2n) is 6.38. The first kappa shape index (κ1) is 15.5. The lowest BCUT2D eigenvalue weighted by Crippen LogP contribution is -2.50. The molecule has 1 aromatic carbocycles. The summed E-state index contributed by atoms with van der Waals surface area (Å²) in [6.45, 7) is 6.03. The fourth-order valence-corrected chi connectivity index (χ4v) is 3.31. The van der Waals surface area contributed by atoms with E-state index in [9.17, 15) is 9.59 Å². The molecule has 0 saturated carbocycles. The second kappa shape index (κ2) is 5.37. The second-order valence-corrected chi connectivity index (χ2v) is 6.38. The Kier molecular flexibility index (Phi) is 3.62. The zero-order valence-electron chi connectivity index (χ0n) is 14.0. The van der Waals surface area contributed by atoms with E-state index in [-0.39, 0.29) is 24.4 Å². The summed E-state index contributed by atoms with van der Waals surface area (Å²) < 4.78 is 1.93. The van der Waals surface area contributed by atoms with Crippen LogP contribution in [0.4, 0.5) is 4.79 Å². The molecular formula is C17H22N4O2. The molecule has 1 unspecified atom stereocenters. The van der Waals surface area contributed by atoms with Crippen LogP contribution in [0.3, 0.4) is 0 Å². The number of fused-ring (bicyclic) bond motifs is 1. The van der Waals surface area contributed by atoms with Crippen LogP contribution in [0.2, 0.25) is 0 Å². The highest BCUT2D eigenvalue weighted by atomic mass is 16.2. The molecule has 23 heavy (non-hydrogen) atoms. The van der Waals surface area contributed by atoms with E-state index in [0.717, 1.165) is 11.0 Å². The maximum absolute atomic E-state index is 12.8. The Bertz CT molecular complexity index is 780. The van der Waals surface area contributed by atoms with Crippen molar-refractivity contribution in [2.24, 2.45) is 13.0 Å². The molecule has 0 aliphatic carbocycles. The average molecular weight is 314 g/mol. The maximum atomic E-state index is 12.8. The predicted molar refractivity (Wildman–Crippen MR) is 87.7 cm³/mol. The monoisotopic (exact) mass is 314 g/mol. The lowest BCUT2D eigenvalue weighted by Gasteiger charge is -2.29. The molecule has 1 N–H and O–H groups in total. The van der Waals surface area contributed by atoms with Gasteiger partial charge in [0.05, 0.1) is 17.6 Å². The minimum Gasteiger partial charge on any atom is -0.330 e. The van der Waals surface area contributed by atoms with Crippen molar-refractivity contribution in [3.05, 3.63) is 30.1 Å². The molecule has 1 fully saturated rings. The number of rotatable bonds is 4. The number of nitrogens with zero attached hydrogens (tertiary/aromatic N) is 3. The first-order chi connectivity index (χ1) is 10.9. The summed E-state index contributed by atoms with van der Waals surface area (Å²) in [7, 11) is 1.90. The summed E-state index contributed by atoms with van der Waals surface area (Å²) >= 11 is 0. The summed E-state index contributed by atoms with van der Waals surface area (Å²) in [6.07, 6.45) is 0.578. The number of para-hydroxylation sites is 2. The van der Waals surface area contributed by atoms with E-state index >= 15 is 0 Å². The van der Waals surface area contributed by atoms with E-state index < -0.39 is 5.54 Å². The van der Waals surface area contributed by atoms with Crippen LogP contribution in [0.1, 0.15) is 33.0 Å². The molecule has 1 saturated heterocycles. The van der Waals surface area contributed by atoms with Gasteiger partial charge in [-0.15, -0.1) is 0 Å². The van der Waals surface area contributed by atoms with Gasteiger partial charge in [-0.1, -0.05) is 32.9 Å². The fourth-order valence-electron chi connectivity index (χ4n) is 3.31. The number of carbonyl (C=O) groups excluding carboxylic acids is 2. The number of amides is 3. The Morgan fingerprint density at radius 3 is 2.52 bits per heavy atom. The van der Waals surface area contributed by atoms with Crippen LogP contribution in [0, 0.1) is 5.92 Å². The van der Waals surface area contributed by atoms with E-state index in [1.807, 2.05) is 56.7 Å². The highest BCUT2D eigenvalue weighted by Crippen LogP contribution is 2.30. The van der Waals surface area contributed by atoms with E-state index in [1.165, 1.54) is 4.90 Å². The molecule has 0 bridgehead atoms. The Labute approximate surface area is 135 Å². The molecule has 6 nitrogen and oxygen atoms in total. The van der Waals surface area contributed by atoms with Crippen molar-refractivity contribution in [3.8, 4) is 0 Å². The molecule has 0 radical (unpaired) electrons. The summed E-state index contributed by atoms with van der Waals surface area (Å²) in [5.41, 5.74) is 1.05. The molecule has 3 amide bonds. The topological polar surface area (TPSA) is 67.2 Å². The predicted octanol–water partition coefficient (Wildman–Crippen LogP) is 2.43. The summed E-state index contributed by atoms with van der Waals surface area (Å²) in [5.74, 6) is 0.576. The average Bonchev–Trinajstić information content (AvgIpc) is 2.98. The van der Waals surface area contributed by atoms with Gasteiger partial charge in [-0.25, -0.2) is 9.78 Å². The summed E-state index contributed by atoms with van der Waals surface area (Å²) in [5, 5.41) is 2.89. The Balaban J connectivity index is 1.94. The third-order valence-corrected chi connectivity index (χ3v) is 4.92. The van der Waals surface area contributed by atoms with Crippen molar-refractivity contribution in [1.82, 2.24) is 19.8 Å². The third-order valence-electron chi connectivity index (χ3n) is 4.92. The first-order valence-corrected chi connectivity index (χ1v) is 7.95. The normalized spacial score (nSPS) is 21.5. The number of hydrogen-bond acceptors (Lipinski definition) is 3. The maximum Gasteiger partial charge on any atom is 0.325 e. The van der Waals surface area contributed by atoms with Crippen molar-refractivity contribution in [3.63, 3.8) is 0 Å². The summed E-state index contributed by atoms with van der Waals surface area (Å²) in [4.78, 5) is 31.0. The van der Waals surface area contributed by atoms with E-state index in [0.29, 0.717) is 12.2 Å². The number of aromatic nitrogens is 2. The highest BCUT2D eigenvalue weighted by molar-refractivity contribution is 6.07. The number of nitrogens with one attached hydrogen (secondary N) is 1. The van der Waals surface area contributed by atoms with Crippen molar-refractivity contribution >= 4 is 23.0 Å². The number of hydrogen-bond donors (Lipinski definition) is 1. The number of carbonyl (C=O) groups is 2. The van der Waals surface area contributed by atoms with Gasteiger partial charge in [-0.05, 0) is 24.5 Å². The van der Waals surface area contributed by atoms with Crippen molar-refractivity contribution in [2.45, 2.75) is 39.3 Å². The Morgan fingerprint density at radius 2 is 1.96 bits per heavy atom. The molecule has 2 aromatic rings. The van der Waals surface area contributed by atoms with Crippen LogP contribution in [-0.2, 0) is 18.4 Å². The molecular weight excluding hydrogens is 292 g/mol. The molecule has 0 spiro atoms. The summed E-state index contributed by atoms with van der Waals surface area (Å²) in [6, 6.07) is 7.44. The molecule has 6 heteroatoms. The lowest BCUT2D eigenvalue weighted by atomic mass is 9.84. The van der Waals surface area contributed by atoms with Gasteiger partial charge in [0, 0.05) is 7.05 Å². The zero-order valence-corrected chi connectivity index (χ0v) is 14.0.